The Labute approximate surface area is 185 Å². The molecule has 0 saturated carbocycles. The summed E-state index contributed by atoms with van der Waals surface area (Å²) in [5.74, 6) is 0.150. The number of piperazine rings is 1. The number of ether oxygens (including phenoxy) is 1. The summed E-state index contributed by atoms with van der Waals surface area (Å²) in [6.07, 6.45) is 6.06. The highest BCUT2D eigenvalue weighted by molar-refractivity contribution is 6.06. The monoisotopic (exact) mass is 424 g/mol. The van der Waals surface area contributed by atoms with Gasteiger partial charge in [0.1, 0.15) is 0 Å². The molecule has 3 fully saturated rings. The maximum atomic E-state index is 13.2. The predicted octanol–water partition coefficient (Wildman–Crippen LogP) is 3.35. The fourth-order valence-corrected chi connectivity index (χ4v) is 5.84. The maximum Gasteiger partial charge on any atom is 0.254 e. The molecule has 31 heavy (non-hydrogen) atoms. The molecule has 3 aliphatic rings. The number of carbonyl (C=O) groups excluding carboxylic acids is 1. The highest BCUT2D eigenvalue weighted by Gasteiger charge is 2.43. The number of hydrogen-bond donors (Lipinski definition) is 1. The number of fused-ring (bicyclic) bond motifs is 1. The molecule has 6 nitrogen and oxygen atoms in total. The molecule has 1 atom stereocenters. The average molecular weight is 425 g/mol. The Bertz CT molecular complexity index is 907. The zero-order valence-corrected chi connectivity index (χ0v) is 19.0. The highest BCUT2D eigenvalue weighted by atomic mass is 16.5. The van der Waals surface area contributed by atoms with Crippen LogP contribution in [0.5, 0.6) is 0 Å². The van der Waals surface area contributed by atoms with Gasteiger partial charge < -0.3 is 14.6 Å². The van der Waals surface area contributed by atoms with Crippen LogP contribution in [0, 0.1) is 0 Å². The summed E-state index contributed by atoms with van der Waals surface area (Å²) in [4.78, 5) is 23.8. The van der Waals surface area contributed by atoms with Crippen molar-refractivity contribution in [2.75, 3.05) is 45.9 Å². The van der Waals surface area contributed by atoms with Crippen molar-refractivity contribution in [3.05, 3.63) is 36.0 Å². The molecule has 2 aromatic rings. The van der Waals surface area contributed by atoms with Gasteiger partial charge in [0.05, 0.1) is 5.60 Å². The number of H-pyrrole nitrogens is 1. The van der Waals surface area contributed by atoms with Crippen LogP contribution in [0.4, 0.5) is 0 Å². The summed E-state index contributed by atoms with van der Waals surface area (Å²) in [5, 5.41) is 1.02. The van der Waals surface area contributed by atoms with Crippen LogP contribution >= 0.6 is 0 Å². The summed E-state index contributed by atoms with van der Waals surface area (Å²) >= 11 is 0. The number of rotatable bonds is 3. The van der Waals surface area contributed by atoms with Crippen molar-refractivity contribution in [1.82, 2.24) is 19.7 Å². The van der Waals surface area contributed by atoms with Gasteiger partial charge in [-0.15, -0.1) is 0 Å². The van der Waals surface area contributed by atoms with E-state index in [1.807, 2.05) is 35.4 Å². The lowest BCUT2D eigenvalue weighted by molar-refractivity contribution is -0.132. The first-order chi connectivity index (χ1) is 15.0. The SMILES string of the molecule is CC(C)N1CCN(C2CCOC3(CCN(C(=O)c4cccc5[nH]ccc45)CC3)C2)CC1. The number of nitrogens with one attached hydrogen (secondary N) is 1. The molecule has 1 spiro atoms. The second-order valence-electron chi connectivity index (χ2n) is 9.88. The molecule has 6 heteroatoms. The molecular weight excluding hydrogens is 388 g/mol. The molecular formula is C25H36N4O2. The summed E-state index contributed by atoms with van der Waals surface area (Å²) in [6.45, 7) is 11.7. The molecule has 1 aromatic carbocycles. The number of piperidine rings is 1. The lowest BCUT2D eigenvalue weighted by Gasteiger charge is -2.50. The molecule has 3 saturated heterocycles. The number of aromatic nitrogens is 1. The van der Waals surface area contributed by atoms with E-state index in [-0.39, 0.29) is 11.5 Å². The van der Waals surface area contributed by atoms with Gasteiger partial charge in [0.2, 0.25) is 0 Å². The minimum atomic E-state index is -0.0467. The van der Waals surface area contributed by atoms with Crippen LogP contribution in [0.1, 0.15) is 49.9 Å². The Kier molecular flexibility index (Phi) is 5.80. The first-order valence-corrected chi connectivity index (χ1v) is 12.0. The molecule has 0 bridgehead atoms. The maximum absolute atomic E-state index is 13.2. The Morgan fingerprint density at radius 1 is 1.10 bits per heavy atom. The first kappa shape index (κ1) is 21.0. The van der Waals surface area contributed by atoms with Crippen LogP contribution in [0.3, 0.4) is 0 Å². The van der Waals surface area contributed by atoms with Crippen molar-refractivity contribution in [2.45, 2.75) is 57.2 Å². The summed E-state index contributed by atoms with van der Waals surface area (Å²) in [5.41, 5.74) is 1.78. The molecule has 3 aliphatic heterocycles. The third-order valence-corrected chi connectivity index (χ3v) is 7.85. The van der Waals surface area contributed by atoms with E-state index in [1.165, 1.54) is 26.2 Å². The van der Waals surface area contributed by atoms with Gasteiger partial charge in [0.15, 0.2) is 0 Å². The molecule has 1 amide bonds. The Hall–Kier alpha value is -1.89. The number of nitrogens with zero attached hydrogens (tertiary/aromatic N) is 3. The molecule has 0 aliphatic carbocycles. The standard InChI is InChI=1S/C25H36N4O2/c1-19(2)27-13-15-28(16-14-27)20-7-17-31-25(18-20)8-11-29(12-9-25)24(30)22-4-3-5-23-21(22)6-10-26-23/h3-6,10,19-20,26H,7-9,11-18H2,1-2H3. The zero-order chi connectivity index (χ0) is 21.4. The van der Waals surface area contributed by atoms with Crippen LogP contribution < -0.4 is 0 Å². The molecule has 168 valence electrons. The first-order valence-electron chi connectivity index (χ1n) is 12.0. The molecule has 1 unspecified atom stereocenters. The highest BCUT2D eigenvalue weighted by Crippen LogP contribution is 2.37. The van der Waals surface area contributed by atoms with E-state index in [0.29, 0.717) is 12.1 Å². The number of hydrogen-bond acceptors (Lipinski definition) is 4. The summed E-state index contributed by atoms with van der Waals surface area (Å²) in [7, 11) is 0. The van der Waals surface area contributed by atoms with E-state index >= 15 is 0 Å². The Morgan fingerprint density at radius 3 is 2.61 bits per heavy atom. The van der Waals surface area contributed by atoms with Crippen LogP contribution in [-0.2, 0) is 4.74 Å². The van der Waals surface area contributed by atoms with Crippen molar-refractivity contribution >= 4 is 16.8 Å². The fourth-order valence-electron chi connectivity index (χ4n) is 5.84. The van der Waals surface area contributed by atoms with E-state index in [1.54, 1.807) is 0 Å². The van der Waals surface area contributed by atoms with E-state index in [0.717, 1.165) is 61.8 Å². The van der Waals surface area contributed by atoms with Gasteiger partial charge in [-0.1, -0.05) is 6.07 Å². The van der Waals surface area contributed by atoms with E-state index in [9.17, 15) is 4.79 Å². The van der Waals surface area contributed by atoms with Gasteiger partial charge in [-0.25, -0.2) is 0 Å². The van der Waals surface area contributed by atoms with Crippen molar-refractivity contribution < 1.29 is 9.53 Å². The quantitative estimate of drug-likeness (QED) is 0.821. The van der Waals surface area contributed by atoms with Gasteiger partial charge in [-0.05, 0) is 57.7 Å². The van der Waals surface area contributed by atoms with Gasteiger partial charge >= 0.3 is 0 Å². The van der Waals surface area contributed by atoms with E-state index in [4.69, 9.17) is 4.74 Å². The zero-order valence-electron chi connectivity index (χ0n) is 19.0. The number of amides is 1. The predicted molar refractivity (Wildman–Crippen MR) is 123 cm³/mol. The minimum absolute atomic E-state index is 0.0467. The number of benzene rings is 1. The molecule has 1 N–H and O–H groups in total. The Morgan fingerprint density at radius 2 is 1.87 bits per heavy atom. The van der Waals surface area contributed by atoms with Crippen molar-refractivity contribution in [2.24, 2.45) is 0 Å². The number of aromatic amines is 1. The normalized spacial score (nSPS) is 25.5. The third-order valence-electron chi connectivity index (χ3n) is 7.85. The smallest absolute Gasteiger partial charge is 0.254 e. The average Bonchev–Trinajstić information content (AvgIpc) is 3.28. The van der Waals surface area contributed by atoms with Crippen molar-refractivity contribution in [3.63, 3.8) is 0 Å². The lowest BCUT2D eigenvalue weighted by Crippen LogP contribution is -2.58. The van der Waals surface area contributed by atoms with Crippen LogP contribution in [0.25, 0.3) is 10.9 Å². The molecule has 0 radical (unpaired) electrons. The summed E-state index contributed by atoms with van der Waals surface area (Å²) < 4.78 is 6.40. The molecule has 1 aromatic heterocycles. The second kappa shape index (κ2) is 8.57. The number of likely N-dealkylation sites (tertiary alicyclic amines) is 1. The lowest BCUT2D eigenvalue weighted by atomic mass is 9.81. The second-order valence-corrected chi connectivity index (χ2v) is 9.88. The van der Waals surface area contributed by atoms with Crippen LogP contribution in [-0.4, -0.2) is 89.2 Å². The molecule has 4 heterocycles. The van der Waals surface area contributed by atoms with Crippen molar-refractivity contribution in [1.29, 1.82) is 0 Å². The van der Waals surface area contributed by atoms with Gasteiger partial charge in [-0.3, -0.25) is 14.6 Å². The molecule has 5 rings (SSSR count). The van der Waals surface area contributed by atoms with Gasteiger partial charge in [0, 0.05) is 80.6 Å². The fraction of sp³-hybridized carbons (Fsp3) is 0.640. The number of carbonyl (C=O) groups is 1. The third kappa shape index (κ3) is 4.13. The largest absolute Gasteiger partial charge is 0.375 e. The van der Waals surface area contributed by atoms with Crippen molar-refractivity contribution in [3.8, 4) is 0 Å². The summed E-state index contributed by atoms with van der Waals surface area (Å²) in [6, 6.07) is 9.20. The van der Waals surface area contributed by atoms with Gasteiger partial charge in [0.25, 0.3) is 5.91 Å². The van der Waals surface area contributed by atoms with Crippen LogP contribution in [0.15, 0.2) is 30.5 Å². The van der Waals surface area contributed by atoms with Crippen LogP contribution in [0.2, 0.25) is 0 Å². The minimum Gasteiger partial charge on any atom is -0.375 e. The Balaban J connectivity index is 1.20. The van der Waals surface area contributed by atoms with E-state index < -0.39 is 0 Å². The van der Waals surface area contributed by atoms with E-state index in [2.05, 4.69) is 28.6 Å². The topological polar surface area (TPSA) is 51.8 Å². The van der Waals surface area contributed by atoms with Gasteiger partial charge in [-0.2, -0.15) is 0 Å².